The third kappa shape index (κ3) is 4.02. The smallest absolute Gasteiger partial charge is 0.321 e. The summed E-state index contributed by atoms with van der Waals surface area (Å²) in [5, 5.41) is 3.11. The van der Waals surface area contributed by atoms with Crippen LogP contribution in [0.25, 0.3) is 0 Å². The molecule has 2 aromatic carbocycles. The summed E-state index contributed by atoms with van der Waals surface area (Å²) in [4.78, 5) is 14.7. The highest BCUT2D eigenvalue weighted by molar-refractivity contribution is 5.93. The van der Waals surface area contributed by atoms with E-state index in [0.29, 0.717) is 18.0 Å². The number of hydrogen-bond donors (Lipinski definition) is 1. The molecule has 5 nitrogen and oxygen atoms in total. The normalized spacial score (nSPS) is 13.7. The van der Waals surface area contributed by atoms with Crippen molar-refractivity contribution in [2.24, 2.45) is 0 Å². The van der Waals surface area contributed by atoms with Crippen molar-refractivity contribution >= 4 is 11.7 Å². The second-order valence-electron chi connectivity index (χ2n) is 7.50. The number of aryl methyl sites for hydroxylation is 1. The molecule has 0 spiro atoms. The number of carbonyl (C=O) groups excluding carboxylic acids is 1. The molecule has 0 aromatic heterocycles. The minimum Gasteiger partial charge on any atom is -0.493 e. The van der Waals surface area contributed by atoms with E-state index < -0.39 is 0 Å². The number of anilines is 1. The molecule has 0 saturated heterocycles. The van der Waals surface area contributed by atoms with Crippen molar-refractivity contribution in [1.82, 2.24) is 5.32 Å². The largest absolute Gasteiger partial charge is 0.493 e. The van der Waals surface area contributed by atoms with Gasteiger partial charge < -0.3 is 14.8 Å². The number of nitrogens with zero attached hydrogens (tertiary/aromatic N) is 1. The number of rotatable bonds is 5. The Balaban J connectivity index is 1.71. The molecule has 1 aliphatic rings. The molecule has 0 bridgehead atoms. The predicted octanol–water partition coefficient (Wildman–Crippen LogP) is 4.14. The molecule has 0 saturated carbocycles. The van der Waals surface area contributed by atoms with Crippen LogP contribution in [0.1, 0.15) is 31.4 Å². The molecule has 1 aliphatic heterocycles. The number of urea groups is 1. The van der Waals surface area contributed by atoms with Gasteiger partial charge in [0.05, 0.1) is 14.2 Å². The van der Waals surface area contributed by atoms with Crippen molar-refractivity contribution in [3.63, 3.8) is 0 Å². The van der Waals surface area contributed by atoms with Gasteiger partial charge in [-0.25, -0.2) is 4.79 Å². The average molecular weight is 368 g/mol. The van der Waals surface area contributed by atoms with E-state index in [-0.39, 0.29) is 11.4 Å². The third-order valence-electron chi connectivity index (χ3n) is 5.20. The lowest BCUT2D eigenvalue weighted by Gasteiger charge is -2.32. The molecule has 144 valence electrons. The van der Waals surface area contributed by atoms with Gasteiger partial charge in [0, 0.05) is 24.2 Å². The van der Waals surface area contributed by atoms with Gasteiger partial charge in [-0.15, -0.1) is 0 Å². The zero-order valence-electron chi connectivity index (χ0n) is 16.5. The van der Waals surface area contributed by atoms with E-state index in [4.69, 9.17) is 9.47 Å². The van der Waals surface area contributed by atoms with Crippen LogP contribution in [0.5, 0.6) is 11.5 Å². The molecule has 1 N–H and O–H groups in total. The summed E-state index contributed by atoms with van der Waals surface area (Å²) in [6, 6.07) is 14.0. The topological polar surface area (TPSA) is 50.8 Å². The van der Waals surface area contributed by atoms with Gasteiger partial charge in [-0.1, -0.05) is 38.1 Å². The Hall–Kier alpha value is -2.69. The zero-order chi connectivity index (χ0) is 19.4. The van der Waals surface area contributed by atoms with Gasteiger partial charge in [0.25, 0.3) is 0 Å². The Morgan fingerprint density at radius 1 is 1.11 bits per heavy atom. The summed E-state index contributed by atoms with van der Waals surface area (Å²) in [5.74, 6) is 1.39. The van der Waals surface area contributed by atoms with E-state index in [0.717, 1.165) is 30.6 Å². The van der Waals surface area contributed by atoms with E-state index in [1.165, 1.54) is 5.56 Å². The summed E-state index contributed by atoms with van der Waals surface area (Å²) < 4.78 is 10.7. The molecule has 2 amide bonds. The molecular weight excluding hydrogens is 340 g/mol. The van der Waals surface area contributed by atoms with Gasteiger partial charge in [0.2, 0.25) is 0 Å². The van der Waals surface area contributed by atoms with Crippen LogP contribution in [0.3, 0.4) is 0 Å². The van der Waals surface area contributed by atoms with E-state index in [2.05, 4.69) is 25.2 Å². The van der Waals surface area contributed by atoms with Gasteiger partial charge in [0.15, 0.2) is 11.5 Å². The quantitative estimate of drug-likeness (QED) is 0.863. The lowest BCUT2D eigenvalue weighted by molar-refractivity contribution is 0.243. The maximum Gasteiger partial charge on any atom is 0.321 e. The maximum absolute atomic E-state index is 12.8. The number of nitrogens with one attached hydrogen (secondary N) is 1. The highest BCUT2D eigenvalue weighted by Crippen LogP contribution is 2.33. The molecule has 0 unspecified atom stereocenters. The first kappa shape index (κ1) is 19.1. The summed E-state index contributed by atoms with van der Waals surface area (Å²) in [5.41, 5.74) is 3.09. The van der Waals surface area contributed by atoms with Crippen LogP contribution in [0, 0.1) is 0 Å². The lowest BCUT2D eigenvalue weighted by atomic mass is 9.84. The minimum absolute atomic E-state index is 0.0456. The highest BCUT2D eigenvalue weighted by atomic mass is 16.5. The molecule has 0 aliphatic carbocycles. The first-order chi connectivity index (χ1) is 13.0. The van der Waals surface area contributed by atoms with Crippen molar-refractivity contribution in [1.29, 1.82) is 0 Å². The van der Waals surface area contributed by atoms with Crippen LogP contribution in [-0.4, -0.2) is 33.3 Å². The van der Waals surface area contributed by atoms with E-state index in [9.17, 15) is 4.79 Å². The monoisotopic (exact) mass is 368 g/mol. The van der Waals surface area contributed by atoms with Crippen LogP contribution in [0.15, 0.2) is 42.5 Å². The molecule has 0 radical (unpaired) electrons. The van der Waals surface area contributed by atoms with Crippen molar-refractivity contribution in [3.8, 4) is 11.5 Å². The lowest BCUT2D eigenvalue weighted by Crippen LogP contribution is -2.46. The van der Waals surface area contributed by atoms with Crippen molar-refractivity contribution in [2.45, 2.75) is 32.1 Å². The molecular formula is C22H28N2O3. The van der Waals surface area contributed by atoms with Gasteiger partial charge in [-0.2, -0.15) is 0 Å². The van der Waals surface area contributed by atoms with E-state index in [1.54, 1.807) is 14.2 Å². The fraction of sp³-hybridized carbons (Fsp3) is 0.409. The number of methoxy groups -OCH3 is 2. The number of benzene rings is 2. The molecule has 3 rings (SSSR count). The fourth-order valence-electron chi connectivity index (χ4n) is 3.50. The molecule has 0 fully saturated rings. The molecule has 5 heteroatoms. The Morgan fingerprint density at radius 2 is 1.85 bits per heavy atom. The van der Waals surface area contributed by atoms with E-state index >= 15 is 0 Å². The third-order valence-corrected chi connectivity index (χ3v) is 5.20. The van der Waals surface area contributed by atoms with Gasteiger partial charge >= 0.3 is 6.03 Å². The Bertz CT molecular complexity index is 817. The number of fused-ring (bicyclic) bond motifs is 1. The average Bonchev–Trinajstić information content (AvgIpc) is 2.71. The van der Waals surface area contributed by atoms with Crippen LogP contribution in [0.2, 0.25) is 0 Å². The summed E-state index contributed by atoms with van der Waals surface area (Å²) >= 11 is 0. The van der Waals surface area contributed by atoms with Crippen LogP contribution in [-0.2, 0) is 11.8 Å². The van der Waals surface area contributed by atoms with Crippen molar-refractivity contribution in [3.05, 3.63) is 53.6 Å². The number of hydrogen-bond acceptors (Lipinski definition) is 3. The number of para-hydroxylation sites is 1. The summed E-state index contributed by atoms with van der Waals surface area (Å²) in [6.07, 6.45) is 2.01. The van der Waals surface area contributed by atoms with Crippen molar-refractivity contribution in [2.75, 3.05) is 32.2 Å². The molecule has 1 heterocycles. The predicted molar refractivity (Wildman–Crippen MR) is 108 cm³/mol. The SMILES string of the molecule is COc1ccc(C(C)(C)CNC(=O)N2CCCc3ccccc32)cc1OC. The Kier molecular flexibility index (Phi) is 5.59. The Labute approximate surface area is 161 Å². The van der Waals surface area contributed by atoms with Gasteiger partial charge in [-0.05, 0) is 42.2 Å². The van der Waals surface area contributed by atoms with Crippen LogP contribution >= 0.6 is 0 Å². The maximum atomic E-state index is 12.8. The summed E-state index contributed by atoms with van der Waals surface area (Å²) in [7, 11) is 3.25. The van der Waals surface area contributed by atoms with Crippen LogP contribution < -0.4 is 19.7 Å². The Morgan fingerprint density at radius 3 is 2.59 bits per heavy atom. The van der Waals surface area contributed by atoms with Crippen LogP contribution in [0.4, 0.5) is 10.5 Å². The first-order valence-electron chi connectivity index (χ1n) is 9.32. The second kappa shape index (κ2) is 7.91. The zero-order valence-corrected chi connectivity index (χ0v) is 16.5. The molecule has 0 atom stereocenters. The number of carbonyl (C=O) groups is 1. The first-order valence-corrected chi connectivity index (χ1v) is 9.32. The van der Waals surface area contributed by atoms with Crippen molar-refractivity contribution < 1.29 is 14.3 Å². The van der Waals surface area contributed by atoms with E-state index in [1.807, 2.05) is 41.3 Å². The highest BCUT2D eigenvalue weighted by Gasteiger charge is 2.26. The van der Waals surface area contributed by atoms with Gasteiger partial charge in [-0.3, -0.25) is 4.90 Å². The summed E-state index contributed by atoms with van der Waals surface area (Å²) in [6.45, 7) is 5.50. The second-order valence-corrected chi connectivity index (χ2v) is 7.50. The standard InChI is InChI=1S/C22H28N2O3/c1-22(2,17-11-12-19(26-3)20(14-17)27-4)15-23-21(25)24-13-7-9-16-8-5-6-10-18(16)24/h5-6,8,10-12,14H,7,9,13,15H2,1-4H3,(H,23,25). The fourth-order valence-corrected chi connectivity index (χ4v) is 3.50. The number of ether oxygens (including phenoxy) is 2. The number of amides is 2. The molecule has 2 aromatic rings. The molecule has 27 heavy (non-hydrogen) atoms. The minimum atomic E-state index is -0.246. The van der Waals surface area contributed by atoms with Gasteiger partial charge in [0.1, 0.15) is 0 Å².